The zero-order valence-electron chi connectivity index (χ0n) is 11.2. The van der Waals surface area contributed by atoms with Gasteiger partial charge in [0.15, 0.2) is 5.58 Å². The summed E-state index contributed by atoms with van der Waals surface area (Å²) in [5.74, 6) is 0.158. The first-order valence-electron chi connectivity index (χ1n) is 6.23. The van der Waals surface area contributed by atoms with E-state index in [-0.39, 0.29) is 5.97 Å². The molecule has 4 heteroatoms. The molecule has 0 aliphatic heterocycles. The SMILES string of the molecule is COC(=O)c1ccc2nc(-c3cccc(C)c3)oc2c1. The number of carbonyl (C=O) groups is 1. The van der Waals surface area contributed by atoms with E-state index in [1.54, 1.807) is 18.2 Å². The molecule has 3 aromatic rings. The van der Waals surface area contributed by atoms with Crippen molar-refractivity contribution >= 4 is 17.1 Å². The van der Waals surface area contributed by atoms with Gasteiger partial charge >= 0.3 is 5.97 Å². The Morgan fingerprint density at radius 1 is 1.20 bits per heavy atom. The molecule has 1 heterocycles. The smallest absolute Gasteiger partial charge is 0.337 e. The van der Waals surface area contributed by atoms with Crippen molar-refractivity contribution in [2.45, 2.75) is 6.92 Å². The lowest BCUT2D eigenvalue weighted by molar-refractivity contribution is 0.0601. The molecule has 0 unspecified atom stereocenters. The van der Waals surface area contributed by atoms with Gasteiger partial charge in [0.05, 0.1) is 12.7 Å². The van der Waals surface area contributed by atoms with E-state index in [9.17, 15) is 4.79 Å². The van der Waals surface area contributed by atoms with Crippen LogP contribution in [0.5, 0.6) is 0 Å². The first-order chi connectivity index (χ1) is 9.67. The zero-order chi connectivity index (χ0) is 14.1. The van der Waals surface area contributed by atoms with Crippen LogP contribution in [0.25, 0.3) is 22.6 Å². The fraction of sp³-hybridized carbons (Fsp3) is 0.125. The Hall–Kier alpha value is -2.62. The molecule has 0 spiro atoms. The molecule has 0 N–H and O–H groups in total. The second-order valence-electron chi connectivity index (χ2n) is 4.56. The topological polar surface area (TPSA) is 52.3 Å². The lowest BCUT2D eigenvalue weighted by atomic mass is 10.1. The van der Waals surface area contributed by atoms with Crippen LogP contribution >= 0.6 is 0 Å². The number of carbonyl (C=O) groups excluding carboxylic acids is 1. The summed E-state index contributed by atoms with van der Waals surface area (Å²) < 4.78 is 10.4. The van der Waals surface area contributed by atoms with Crippen LogP contribution in [0.4, 0.5) is 0 Å². The minimum atomic E-state index is -0.389. The quantitative estimate of drug-likeness (QED) is 0.666. The van der Waals surface area contributed by atoms with Gasteiger partial charge in [0, 0.05) is 5.56 Å². The van der Waals surface area contributed by atoms with Crippen molar-refractivity contribution in [3.05, 3.63) is 53.6 Å². The molecule has 100 valence electrons. The van der Waals surface area contributed by atoms with Crippen molar-refractivity contribution in [1.29, 1.82) is 0 Å². The van der Waals surface area contributed by atoms with Crippen LogP contribution in [0.3, 0.4) is 0 Å². The Morgan fingerprint density at radius 2 is 2.05 bits per heavy atom. The van der Waals surface area contributed by atoms with Crippen molar-refractivity contribution < 1.29 is 13.9 Å². The monoisotopic (exact) mass is 267 g/mol. The molecule has 0 amide bonds. The molecule has 0 saturated heterocycles. The Bertz CT molecular complexity index is 789. The van der Waals surface area contributed by atoms with Crippen LogP contribution in [0, 0.1) is 6.92 Å². The number of ether oxygens (including phenoxy) is 1. The molecule has 0 atom stereocenters. The van der Waals surface area contributed by atoms with Crippen LogP contribution in [-0.4, -0.2) is 18.1 Å². The Kier molecular flexibility index (Phi) is 2.99. The maximum atomic E-state index is 11.5. The summed E-state index contributed by atoms with van der Waals surface area (Å²) in [6.07, 6.45) is 0. The number of fused-ring (bicyclic) bond motifs is 1. The molecule has 0 aliphatic carbocycles. The number of oxazole rings is 1. The molecule has 0 bridgehead atoms. The highest BCUT2D eigenvalue weighted by molar-refractivity contribution is 5.93. The third-order valence-corrected chi connectivity index (χ3v) is 3.07. The molecule has 2 aromatic carbocycles. The number of esters is 1. The van der Waals surface area contributed by atoms with Gasteiger partial charge in [-0.3, -0.25) is 0 Å². The average Bonchev–Trinajstić information content (AvgIpc) is 2.89. The highest BCUT2D eigenvalue weighted by Gasteiger charge is 2.12. The lowest BCUT2D eigenvalue weighted by Crippen LogP contribution is -2.00. The first kappa shape index (κ1) is 12.4. The summed E-state index contributed by atoms with van der Waals surface area (Å²) in [6, 6.07) is 13.0. The number of rotatable bonds is 2. The van der Waals surface area contributed by atoms with Gasteiger partial charge in [-0.25, -0.2) is 9.78 Å². The van der Waals surface area contributed by atoms with Crippen LogP contribution in [0.1, 0.15) is 15.9 Å². The second-order valence-corrected chi connectivity index (χ2v) is 4.56. The number of benzene rings is 2. The molecule has 0 aliphatic rings. The molecule has 0 saturated carbocycles. The van der Waals surface area contributed by atoms with Gasteiger partial charge in [-0.15, -0.1) is 0 Å². The predicted molar refractivity (Wildman–Crippen MR) is 75.5 cm³/mol. The van der Waals surface area contributed by atoms with Gasteiger partial charge < -0.3 is 9.15 Å². The van der Waals surface area contributed by atoms with Crippen LogP contribution in [0.15, 0.2) is 46.9 Å². The van der Waals surface area contributed by atoms with Gasteiger partial charge in [0.25, 0.3) is 0 Å². The van der Waals surface area contributed by atoms with Crippen molar-refractivity contribution in [1.82, 2.24) is 4.98 Å². The minimum Gasteiger partial charge on any atom is -0.465 e. The van der Waals surface area contributed by atoms with Crippen LogP contribution in [0.2, 0.25) is 0 Å². The summed E-state index contributed by atoms with van der Waals surface area (Å²) in [6.45, 7) is 2.02. The van der Waals surface area contributed by atoms with Gasteiger partial charge in [0.2, 0.25) is 5.89 Å². The van der Waals surface area contributed by atoms with Gasteiger partial charge in [-0.1, -0.05) is 17.7 Å². The highest BCUT2D eigenvalue weighted by Crippen LogP contribution is 2.25. The van der Waals surface area contributed by atoms with E-state index < -0.39 is 0 Å². The Labute approximate surface area is 116 Å². The largest absolute Gasteiger partial charge is 0.465 e. The standard InChI is InChI=1S/C16H13NO3/c1-10-4-3-5-11(8-10)15-17-13-7-6-12(16(18)19-2)9-14(13)20-15/h3-9H,1-2H3. The summed E-state index contributed by atoms with van der Waals surface area (Å²) >= 11 is 0. The molecular formula is C16H13NO3. The maximum Gasteiger partial charge on any atom is 0.337 e. The van der Waals surface area contributed by atoms with E-state index in [0.29, 0.717) is 22.6 Å². The molecule has 1 aromatic heterocycles. The number of nitrogens with zero attached hydrogens (tertiary/aromatic N) is 1. The summed E-state index contributed by atoms with van der Waals surface area (Å²) in [5.41, 5.74) is 3.80. The van der Waals surface area contributed by atoms with E-state index in [1.807, 2.05) is 31.2 Å². The third-order valence-electron chi connectivity index (χ3n) is 3.07. The molecule has 0 fully saturated rings. The van der Waals surface area contributed by atoms with Gasteiger partial charge in [-0.05, 0) is 37.3 Å². The van der Waals surface area contributed by atoms with E-state index in [4.69, 9.17) is 9.15 Å². The molecule has 20 heavy (non-hydrogen) atoms. The van der Waals surface area contributed by atoms with Crippen molar-refractivity contribution in [2.75, 3.05) is 7.11 Å². The van der Waals surface area contributed by atoms with Crippen molar-refractivity contribution in [3.63, 3.8) is 0 Å². The number of hydrogen-bond donors (Lipinski definition) is 0. The first-order valence-corrected chi connectivity index (χ1v) is 6.23. The summed E-state index contributed by atoms with van der Waals surface area (Å²) in [7, 11) is 1.35. The summed E-state index contributed by atoms with van der Waals surface area (Å²) in [4.78, 5) is 15.9. The number of aryl methyl sites for hydroxylation is 1. The fourth-order valence-corrected chi connectivity index (χ4v) is 2.07. The van der Waals surface area contributed by atoms with Gasteiger partial charge in [0.1, 0.15) is 5.52 Å². The van der Waals surface area contributed by atoms with Crippen LogP contribution in [-0.2, 0) is 4.74 Å². The molecule has 3 rings (SSSR count). The summed E-state index contributed by atoms with van der Waals surface area (Å²) in [5, 5.41) is 0. The average molecular weight is 267 g/mol. The molecule has 0 radical (unpaired) electrons. The van der Waals surface area contributed by atoms with E-state index in [0.717, 1.165) is 11.1 Å². The van der Waals surface area contributed by atoms with E-state index in [1.165, 1.54) is 7.11 Å². The molecule has 4 nitrogen and oxygen atoms in total. The van der Waals surface area contributed by atoms with E-state index in [2.05, 4.69) is 4.98 Å². The second kappa shape index (κ2) is 4.81. The predicted octanol–water partition coefficient (Wildman–Crippen LogP) is 3.59. The zero-order valence-corrected chi connectivity index (χ0v) is 11.2. The van der Waals surface area contributed by atoms with Crippen molar-refractivity contribution in [2.24, 2.45) is 0 Å². The number of hydrogen-bond acceptors (Lipinski definition) is 4. The van der Waals surface area contributed by atoms with E-state index >= 15 is 0 Å². The number of methoxy groups -OCH3 is 1. The normalized spacial score (nSPS) is 10.7. The van der Waals surface area contributed by atoms with Gasteiger partial charge in [-0.2, -0.15) is 0 Å². The maximum absolute atomic E-state index is 11.5. The highest BCUT2D eigenvalue weighted by atomic mass is 16.5. The van der Waals surface area contributed by atoms with Crippen molar-refractivity contribution in [3.8, 4) is 11.5 Å². The Morgan fingerprint density at radius 3 is 2.80 bits per heavy atom. The fourth-order valence-electron chi connectivity index (χ4n) is 2.07. The molecular weight excluding hydrogens is 254 g/mol. The van der Waals surface area contributed by atoms with Crippen LogP contribution < -0.4 is 0 Å². The number of aromatic nitrogens is 1. The third kappa shape index (κ3) is 2.16. The minimum absolute atomic E-state index is 0.389. The lowest BCUT2D eigenvalue weighted by Gasteiger charge is -1.97. The Balaban J connectivity index is 2.09.